The van der Waals surface area contributed by atoms with Gasteiger partial charge >= 0.3 is 5.97 Å². The van der Waals surface area contributed by atoms with Crippen LogP contribution in [0.25, 0.3) is 0 Å². The molecule has 1 aromatic carbocycles. The van der Waals surface area contributed by atoms with Crippen LogP contribution in [0.3, 0.4) is 0 Å². The highest BCUT2D eigenvalue weighted by atomic mass is 16.5. The van der Waals surface area contributed by atoms with Gasteiger partial charge in [-0.25, -0.2) is 0 Å². The van der Waals surface area contributed by atoms with Gasteiger partial charge in [0.05, 0.1) is 6.61 Å². The van der Waals surface area contributed by atoms with E-state index in [0.717, 1.165) is 5.56 Å². The van der Waals surface area contributed by atoms with Gasteiger partial charge in [-0.2, -0.15) is 0 Å². The average molecular weight is 334 g/mol. The van der Waals surface area contributed by atoms with E-state index in [0.29, 0.717) is 5.56 Å². The molecule has 0 radical (unpaired) electrons. The van der Waals surface area contributed by atoms with Gasteiger partial charge in [0.15, 0.2) is 0 Å². The number of rotatable bonds is 6. The minimum absolute atomic E-state index is 0.00921. The molecule has 0 aromatic heterocycles. The monoisotopic (exact) mass is 334 g/mol. The Kier molecular flexibility index (Phi) is 6.95. The predicted molar refractivity (Wildman–Crippen MR) is 91.7 cm³/mol. The van der Waals surface area contributed by atoms with E-state index >= 15 is 0 Å². The highest BCUT2D eigenvalue weighted by Crippen LogP contribution is 2.22. The van der Waals surface area contributed by atoms with Crippen molar-refractivity contribution in [1.29, 1.82) is 0 Å². The topological polar surface area (TPSA) is 84.5 Å². The van der Waals surface area contributed by atoms with Gasteiger partial charge in [0.25, 0.3) is 5.91 Å². The van der Waals surface area contributed by atoms with Gasteiger partial charge in [0, 0.05) is 5.56 Å². The second-order valence-corrected chi connectivity index (χ2v) is 6.55. The molecule has 1 rings (SSSR count). The zero-order valence-electron chi connectivity index (χ0n) is 14.9. The number of carbonyl (C=O) groups excluding carboxylic acids is 3. The molecule has 1 unspecified atom stereocenters. The van der Waals surface area contributed by atoms with Crippen molar-refractivity contribution in [2.75, 3.05) is 13.2 Å². The SMILES string of the molecule is CCOC(=O)CNC(=O)C(C)NC(=O)c1ccc(C(C)(C)C)cc1. The maximum absolute atomic E-state index is 12.2. The minimum Gasteiger partial charge on any atom is -0.465 e. The summed E-state index contributed by atoms with van der Waals surface area (Å²) in [6.07, 6.45) is 0. The molecule has 0 aliphatic rings. The zero-order chi connectivity index (χ0) is 18.3. The molecule has 1 atom stereocenters. The van der Waals surface area contributed by atoms with E-state index in [1.54, 1.807) is 26.0 Å². The molecule has 2 N–H and O–H groups in total. The molecule has 0 spiro atoms. The van der Waals surface area contributed by atoms with Crippen molar-refractivity contribution in [3.05, 3.63) is 35.4 Å². The van der Waals surface area contributed by atoms with Gasteiger partial charge in [-0.1, -0.05) is 32.9 Å². The number of amides is 2. The lowest BCUT2D eigenvalue weighted by atomic mass is 9.86. The molecule has 0 aliphatic carbocycles. The molecule has 0 saturated carbocycles. The number of esters is 1. The van der Waals surface area contributed by atoms with Crippen molar-refractivity contribution in [1.82, 2.24) is 10.6 Å². The summed E-state index contributed by atoms with van der Waals surface area (Å²) in [6, 6.07) is 6.52. The second-order valence-electron chi connectivity index (χ2n) is 6.55. The lowest BCUT2D eigenvalue weighted by molar-refractivity contribution is -0.143. The zero-order valence-corrected chi connectivity index (χ0v) is 14.9. The van der Waals surface area contributed by atoms with Crippen LogP contribution in [0.15, 0.2) is 24.3 Å². The molecule has 6 heteroatoms. The van der Waals surface area contributed by atoms with E-state index in [1.165, 1.54) is 0 Å². The molecule has 6 nitrogen and oxygen atoms in total. The van der Waals surface area contributed by atoms with Crippen molar-refractivity contribution in [2.24, 2.45) is 0 Å². The number of nitrogens with one attached hydrogen (secondary N) is 2. The third-order valence-corrected chi connectivity index (χ3v) is 3.47. The summed E-state index contributed by atoms with van der Waals surface area (Å²) in [5, 5.41) is 5.03. The maximum atomic E-state index is 12.2. The summed E-state index contributed by atoms with van der Waals surface area (Å²) in [5.74, 6) is -1.29. The van der Waals surface area contributed by atoms with Crippen LogP contribution >= 0.6 is 0 Å². The summed E-state index contributed by atoms with van der Waals surface area (Å²) < 4.78 is 4.72. The van der Waals surface area contributed by atoms with Crippen LogP contribution in [0.1, 0.15) is 50.5 Å². The van der Waals surface area contributed by atoms with Crippen LogP contribution in [0.5, 0.6) is 0 Å². The van der Waals surface area contributed by atoms with Crippen molar-refractivity contribution >= 4 is 17.8 Å². The van der Waals surface area contributed by atoms with Gasteiger partial charge in [0.2, 0.25) is 5.91 Å². The Morgan fingerprint density at radius 2 is 1.71 bits per heavy atom. The molecular weight excluding hydrogens is 308 g/mol. The Labute approximate surface area is 143 Å². The molecule has 0 aliphatic heterocycles. The summed E-state index contributed by atoms with van der Waals surface area (Å²) in [5.41, 5.74) is 1.61. The Morgan fingerprint density at radius 3 is 2.21 bits per heavy atom. The average Bonchev–Trinajstić information content (AvgIpc) is 2.52. The molecule has 2 amide bonds. The van der Waals surface area contributed by atoms with Crippen molar-refractivity contribution < 1.29 is 19.1 Å². The standard InChI is InChI=1S/C18H26N2O4/c1-6-24-15(21)11-19-16(22)12(2)20-17(23)13-7-9-14(10-8-13)18(3,4)5/h7-10,12H,6,11H2,1-5H3,(H,19,22)(H,20,23). The second kappa shape index (κ2) is 8.47. The predicted octanol–water partition coefficient (Wildman–Crippen LogP) is 1.78. The fourth-order valence-corrected chi connectivity index (χ4v) is 1.99. The molecule has 0 fully saturated rings. The van der Waals surface area contributed by atoms with Crippen molar-refractivity contribution in [2.45, 2.75) is 46.1 Å². The number of ether oxygens (including phenoxy) is 1. The highest BCUT2D eigenvalue weighted by molar-refractivity contribution is 5.97. The molecule has 0 heterocycles. The summed E-state index contributed by atoms with van der Waals surface area (Å²) in [4.78, 5) is 35.3. The van der Waals surface area contributed by atoms with Crippen LogP contribution in [0.2, 0.25) is 0 Å². The normalized spacial score (nSPS) is 12.2. The fourth-order valence-electron chi connectivity index (χ4n) is 1.99. The summed E-state index contributed by atoms with van der Waals surface area (Å²) >= 11 is 0. The van der Waals surface area contributed by atoms with Gasteiger partial charge in [-0.15, -0.1) is 0 Å². The Hall–Kier alpha value is -2.37. The van der Waals surface area contributed by atoms with Gasteiger partial charge < -0.3 is 15.4 Å². The molecule has 0 bridgehead atoms. The first-order valence-electron chi connectivity index (χ1n) is 8.00. The van der Waals surface area contributed by atoms with E-state index in [1.807, 2.05) is 12.1 Å². The smallest absolute Gasteiger partial charge is 0.325 e. The van der Waals surface area contributed by atoms with Crippen LogP contribution in [0.4, 0.5) is 0 Å². The molecule has 0 saturated heterocycles. The molecular formula is C18H26N2O4. The summed E-state index contributed by atoms with van der Waals surface area (Å²) in [6.45, 7) is 9.57. The van der Waals surface area contributed by atoms with Crippen molar-refractivity contribution in [3.63, 3.8) is 0 Å². The van der Waals surface area contributed by atoms with Crippen LogP contribution in [-0.4, -0.2) is 37.0 Å². The number of hydrogen-bond acceptors (Lipinski definition) is 4. The van der Waals surface area contributed by atoms with Crippen LogP contribution in [-0.2, 0) is 19.7 Å². The Bertz CT molecular complexity index is 588. The lowest BCUT2D eigenvalue weighted by Crippen LogP contribution is -2.46. The Balaban J connectivity index is 2.57. The quantitative estimate of drug-likeness (QED) is 0.777. The van der Waals surface area contributed by atoms with Gasteiger partial charge in [0.1, 0.15) is 12.6 Å². The Morgan fingerprint density at radius 1 is 1.12 bits per heavy atom. The number of hydrogen-bond donors (Lipinski definition) is 2. The third-order valence-electron chi connectivity index (χ3n) is 3.47. The van der Waals surface area contributed by atoms with E-state index in [-0.39, 0.29) is 24.5 Å². The minimum atomic E-state index is -0.755. The first kappa shape index (κ1) is 19.7. The first-order chi connectivity index (χ1) is 11.1. The molecule has 24 heavy (non-hydrogen) atoms. The van der Waals surface area contributed by atoms with Crippen LogP contribution < -0.4 is 10.6 Å². The van der Waals surface area contributed by atoms with Gasteiger partial charge in [-0.05, 0) is 37.0 Å². The van der Waals surface area contributed by atoms with E-state index in [4.69, 9.17) is 4.74 Å². The third kappa shape index (κ3) is 6.02. The van der Waals surface area contributed by atoms with E-state index in [2.05, 4.69) is 31.4 Å². The first-order valence-corrected chi connectivity index (χ1v) is 8.00. The largest absolute Gasteiger partial charge is 0.465 e. The maximum Gasteiger partial charge on any atom is 0.325 e. The number of benzene rings is 1. The lowest BCUT2D eigenvalue weighted by Gasteiger charge is -2.19. The van der Waals surface area contributed by atoms with E-state index < -0.39 is 17.9 Å². The van der Waals surface area contributed by atoms with Crippen LogP contribution in [0, 0.1) is 0 Å². The van der Waals surface area contributed by atoms with E-state index in [9.17, 15) is 14.4 Å². The number of carbonyl (C=O) groups is 3. The molecule has 1 aromatic rings. The molecule has 132 valence electrons. The highest BCUT2D eigenvalue weighted by Gasteiger charge is 2.18. The van der Waals surface area contributed by atoms with Crippen molar-refractivity contribution in [3.8, 4) is 0 Å². The van der Waals surface area contributed by atoms with Gasteiger partial charge in [-0.3, -0.25) is 14.4 Å². The summed E-state index contributed by atoms with van der Waals surface area (Å²) in [7, 11) is 0. The fraction of sp³-hybridized carbons (Fsp3) is 0.500.